The van der Waals surface area contributed by atoms with Crippen LogP contribution in [0.5, 0.6) is 0 Å². The van der Waals surface area contributed by atoms with Crippen molar-refractivity contribution in [2.75, 3.05) is 29.5 Å². The number of halogens is 3. The zero-order valence-electron chi connectivity index (χ0n) is 22.5. The lowest BCUT2D eigenvalue weighted by Gasteiger charge is -2.35. The van der Waals surface area contributed by atoms with Gasteiger partial charge in [-0.25, -0.2) is 22.2 Å². The summed E-state index contributed by atoms with van der Waals surface area (Å²) in [4.78, 5) is 25.1. The van der Waals surface area contributed by atoms with E-state index in [1.165, 1.54) is 17.5 Å². The highest BCUT2D eigenvalue weighted by Gasteiger charge is 2.50. The lowest BCUT2D eigenvalue weighted by atomic mass is 9.74. The number of hydrogen-bond acceptors (Lipinski definition) is 8. The Bertz CT molecular complexity index is 1650. The molecule has 2 saturated carbocycles. The predicted molar refractivity (Wildman–Crippen MR) is 157 cm³/mol. The van der Waals surface area contributed by atoms with Crippen LogP contribution in [0.4, 0.5) is 14.5 Å². The van der Waals surface area contributed by atoms with E-state index in [4.69, 9.17) is 16.6 Å². The topological polar surface area (TPSA) is 116 Å². The fourth-order valence-electron chi connectivity index (χ4n) is 5.69. The minimum atomic E-state index is -3.03. The average molecular weight is 632 g/mol. The minimum Gasteiger partial charge on any atom is -0.369 e. The zero-order valence-corrected chi connectivity index (χ0v) is 24.9. The number of carbonyl (C=O) groups excluding carboxylic acids is 1. The molecule has 2 atom stereocenters. The van der Waals surface area contributed by atoms with E-state index in [-0.39, 0.29) is 17.9 Å². The molecule has 3 aliphatic rings. The van der Waals surface area contributed by atoms with Crippen molar-refractivity contribution >= 4 is 44.4 Å². The van der Waals surface area contributed by atoms with E-state index in [2.05, 4.69) is 16.4 Å². The third-order valence-corrected chi connectivity index (χ3v) is 11.3. The molecular formula is C29H28ClF2N5O3S2. The molecule has 1 saturated heterocycles. The molecule has 0 radical (unpaired) electrons. The highest BCUT2D eigenvalue weighted by molar-refractivity contribution is 7.91. The standard InChI is InChI=1S/C29H28ClF2N5O3S2/c30-20-13-19(15-34-16-20)27-35-24(23-14-29(31,32)6-5-22(23)26(38)36-28(17-33)7-8-28)25(41-27)18-1-3-21(4-2-18)37-9-11-42(39,40)12-10-37/h1-4,13,15-16,22-23H,5-12,14H2,(H,36,38). The van der Waals surface area contributed by atoms with Crippen molar-refractivity contribution in [2.24, 2.45) is 5.92 Å². The molecule has 3 fully saturated rings. The number of anilines is 1. The molecule has 220 valence electrons. The number of rotatable bonds is 6. The lowest BCUT2D eigenvalue weighted by Crippen LogP contribution is -2.45. The first kappa shape index (κ1) is 29.0. The molecule has 1 aliphatic heterocycles. The number of carbonyl (C=O) groups is 1. The number of thiazole rings is 1. The summed E-state index contributed by atoms with van der Waals surface area (Å²) in [6.07, 6.45) is 3.23. The van der Waals surface area contributed by atoms with Crippen molar-refractivity contribution in [1.29, 1.82) is 5.26 Å². The Morgan fingerprint density at radius 3 is 2.48 bits per heavy atom. The van der Waals surface area contributed by atoms with Crippen LogP contribution in [0.2, 0.25) is 5.02 Å². The molecule has 8 nitrogen and oxygen atoms in total. The second-order valence-corrected chi connectivity index (χ2v) is 15.0. The number of nitrogens with zero attached hydrogens (tertiary/aromatic N) is 4. The molecule has 13 heteroatoms. The summed E-state index contributed by atoms with van der Waals surface area (Å²) in [7, 11) is -3.03. The third kappa shape index (κ3) is 6.00. The van der Waals surface area contributed by atoms with Crippen LogP contribution in [-0.4, -0.2) is 60.3 Å². The smallest absolute Gasteiger partial charge is 0.248 e. The van der Waals surface area contributed by atoms with Crippen LogP contribution >= 0.6 is 22.9 Å². The van der Waals surface area contributed by atoms with E-state index in [9.17, 15) is 27.3 Å². The van der Waals surface area contributed by atoms with E-state index in [0.29, 0.717) is 52.1 Å². The second-order valence-electron chi connectivity index (χ2n) is 11.3. The number of aromatic nitrogens is 2. The number of sulfone groups is 1. The van der Waals surface area contributed by atoms with Gasteiger partial charge in [-0.15, -0.1) is 11.3 Å². The molecular weight excluding hydrogens is 604 g/mol. The first-order valence-corrected chi connectivity index (χ1v) is 16.8. The SMILES string of the molecule is N#CC1(NC(=O)C2CCC(F)(F)CC2c2nc(-c3cncc(Cl)c3)sc2-c2ccc(N3CCS(=O)(=O)CC3)cc2)CC1. The maximum absolute atomic E-state index is 14.9. The van der Waals surface area contributed by atoms with Gasteiger partial charge in [0, 0.05) is 61.4 Å². The van der Waals surface area contributed by atoms with E-state index in [0.717, 1.165) is 11.3 Å². The van der Waals surface area contributed by atoms with Crippen LogP contribution in [0.1, 0.15) is 43.7 Å². The molecule has 2 unspecified atom stereocenters. The van der Waals surface area contributed by atoms with Crippen LogP contribution in [0.25, 0.3) is 21.0 Å². The van der Waals surface area contributed by atoms with Crippen molar-refractivity contribution < 1.29 is 22.0 Å². The van der Waals surface area contributed by atoms with Crippen LogP contribution in [0.3, 0.4) is 0 Å². The summed E-state index contributed by atoms with van der Waals surface area (Å²) < 4.78 is 53.6. The number of benzene rings is 1. The Morgan fingerprint density at radius 1 is 1.12 bits per heavy atom. The number of pyridine rings is 1. The summed E-state index contributed by atoms with van der Waals surface area (Å²) in [6, 6.07) is 11.4. The Hall–Kier alpha value is -3.14. The number of nitrogens with one attached hydrogen (secondary N) is 1. The van der Waals surface area contributed by atoms with Gasteiger partial charge in [-0.3, -0.25) is 9.78 Å². The van der Waals surface area contributed by atoms with Crippen molar-refractivity contribution in [3.05, 3.63) is 53.4 Å². The van der Waals surface area contributed by atoms with Gasteiger partial charge < -0.3 is 10.2 Å². The van der Waals surface area contributed by atoms with Crippen molar-refractivity contribution in [2.45, 2.75) is 49.5 Å². The van der Waals surface area contributed by atoms with Gasteiger partial charge in [0.15, 0.2) is 9.84 Å². The van der Waals surface area contributed by atoms with Gasteiger partial charge in [-0.05, 0) is 43.0 Å². The second kappa shape index (κ2) is 10.8. The van der Waals surface area contributed by atoms with Gasteiger partial charge in [0.05, 0.1) is 33.2 Å². The molecule has 1 aromatic carbocycles. The number of amides is 1. The minimum absolute atomic E-state index is 0.0210. The molecule has 1 N–H and O–H groups in total. The number of nitriles is 1. The fourth-order valence-corrected chi connectivity index (χ4v) is 8.19. The Kier molecular flexibility index (Phi) is 7.48. The summed E-state index contributed by atoms with van der Waals surface area (Å²) in [6.45, 7) is 0.801. The quantitative estimate of drug-likeness (QED) is 0.384. The maximum Gasteiger partial charge on any atom is 0.248 e. The first-order chi connectivity index (χ1) is 20.0. The van der Waals surface area contributed by atoms with Crippen LogP contribution in [0.15, 0.2) is 42.7 Å². The molecule has 2 aromatic heterocycles. The molecule has 2 aliphatic carbocycles. The van der Waals surface area contributed by atoms with Gasteiger partial charge in [0.2, 0.25) is 11.8 Å². The number of alkyl halides is 2. The van der Waals surface area contributed by atoms with Gasteiger partial charge in [-0.1, -0.05) is 23.7 Å². The largest absolute Gasteiger partial charge is 0.369 e. The molecule has 6 rings (SSSR count). The van der Waals surface area contributed by atoms with Gasteiger partial charge >= 0.3 is 0 Å². The molecule has 3 aromatic rings. The maximum atomic E-state index is 14.9. The third-order valence-electron chi connectivity index (χ3n) is 8.28. The van der Waals surface area contributed by atoms with Crippen molar-refractivity contribution in [1.82, 2.24) is 15.3 Å². The van der Waals surface area contributed by atoms with Crippen LogP contribution in [0, 0.1) is 17.2 Å². The summed E-state index contributed by atoms with van der Waals surface area (Å²) in [5.74, 6) is -4.81. The summed E-state index contributed by atoms with van der Waals surface area (Å²) in [5, 5.41) is 13.3. The van der Waals surface area contributed by atoms with E-state index < -0.39 is 51.9 Å². The Balaban J connectivity index is 1.39. The van der Waals surface area contributed by atoms with E-state index in [1.807, 2.05) is 29.2 Å². The Labute approximate surface area is 251 Å². The average Bonchev–Trinajstić information content (AvgIpc) is 3.58. The van der Waals surface area contributed by atoms with Crippen molar-refractivity contribution in [3.63, 3.8) is 0 Å². The summed E-state index contributed by atoms with van der Waals surface area (Å²) in [5.41, 5.74) is 1.75. The van der Waals surface area contributed by atoms with Crippen LogP contribution < -0.4 is 10.2 Å². The van der Waals surface area contributed by atoms with Crippen LogP contribution in [-0.2, 0) is 14.6 Å². The van der Waals surface area contributed by atoms with Gasteiger partial charge in [0.25, 0.3) is 0 Å². The fraction of sp³-hybridized carbons (Fsp3) is 0.448. The zero-order chi connectivity index (χ0) is 29.7. The molecule has 3 heterocycles. The molecule has 0 spiro atoms. The highest BCUT2D eigenvalue weighted by atomic mass is 35.5. The first-order valence-electron chi connectivity index (χ1n) is 13.8. The number of hydrogen-bond donors (Lipinski definition) is 1. The van der Waals surface area contributed by atoms with Gasteiger partial charge in [-0.2, -0.15) is 5.26 Å². The lowest BCUT2D eigenvalue weighted by molar-refractivity contribution is -0.131. The monoisotopic (exact) mass is 631 g/mol. The summed E-state index contributed by atoms with van der Waals surface area (Å²) >= 11 is 7.51. The highest BCUT2D eigenvalue weighted by Crippen LogP contribution is 2.50. The van der Waals surface area contributed by atoms with E-state index >= 15 is 0 Å². The van der Waals surface area contributed by atoms with Crippen molar-refractivity contribution in [3.8, 4) is 27.1 Å². The van der Waals surface area contributed by atoms with Gasteiger partial charge in [0.1, 0.15) is 10.5 Å². The molecule has 0 bridgehead atoms. The van der Waals surface area contributed by atoms with E-state index in [1.54, 1.807) is 12.3 Å². The predicted octanol–water partition coefficient (Wildman–Crippen LogP) is 5.45. The molecule has 42 heavy (non-hydrogen) atoms. The Morgan fingerprint density at radius 2 is 1.83 bits per heavy atom. The normalized spacial score (nSPS) is 24.0. The molecule has 1 amide bonds.